The molecule has 5 N–H and O–H groups in total. The minimum Gasteiger partial charge on any atom is -0.352 e. The molecule has 6 nitrogen and oxygen atoms in total. The summed E-state index contributed by atoms with van der Waals surface area (Å²) < 4.78 is 0. The molecule has 6 heteroatoms. The lowest BCUT2D eigenvalue weighted by Crippen LogP contribution is -2.48. The van der Waals surface area contributed by atoms with Gasteiger partial charge in [-0.2, -0.15) is 0 Å². The minimum absolute atomic E-state index is 0.189. The maximum atomic E-state index is 12.2. The second-order valence-corrected chi connectivity index (χ2v) is 5.63. The van der Waals surface area contributed by atoms with Gasteiger partial charge >= 0.3 is 6.03 Å². The molecule has 1 aromatic carbocycles. The highest BCUT2D eigenvalue weighted by atomic mass is 16.2. The number of nitrogens with one attached hydrogen (secondary N) is 3. The quantitative estimate of drug-likeness (QED) is 0.608. The van der Waals surface area contributed by atoms with Crippen LogP contribution in [0.2, 0.25) is 0 Å². The summed E-state index contributed by atoms with van der Waals surface area (Å²) in [6, 6.07) is 4.99. The zero-order chi connectivity index (χ0) is 15.9. The molecule has 0 aliphatic carbocycles. The Morgan fingerprint density at radius 1 is 1.32 bits per heavy atom. The first-order valence-corrected chi connectivity index (χ1v) is 7.75. The Labute approximate surface area is 130 Å². The van der Waals surface area contributed by atoms with Crippen molar-refractivity contribution in [2.24, 2.45) is 5.73 Å². The average molecular weight is 304 g/mol. The molecule has 120 valence electrons. The lowest BCUT2D eigenvalue weighted by atomic mass is 10.1. The van der Waals surface area contributed by atoms with Gasteiger partial charge in [0.05, 0.1) is 0 Å². The van der Waals surface area contributed by atoms with E-state index in [0.717, 1.165) is 31.5 Å². The van der Waals surface area contributed by atoms with Crippen LogP contribution in [0.1, 0.15) is 42.9 Å². The monoisotopic (exact) mass is 304 g/mol. The van der Waals surface area contributed by atoms with Crippen LogP contribution in [0.3, 0.4) is 0 Å². The number of fused-ring (bicyclic) bond motifs is 1. The number of unbranched alkanes of at least 4 members (excludes halogenated alkanes) is 1. The Morgan fingerprint density at radius 2 is 2.09 bits per heavy atom. The molecule has 0 radical (unpaired) electrons. The van der Waals surface area contributed by atoms with Crippen LogP contribution in [-0.2, 0) is 24.4 Å². The summed E-state index contributed by atoms with van der Waals surface area (Å²) in [5.41, 5.74) is 8.79. The number of urea groups is 1. The Bertz CT molecular complexity index is 545. The maximum Gasteiger partial charge on any atom is 0.312 e. The smallest absolute Gasteiger partial charge is 0.312 e. The van der Waals surface area contributed by atoms with Gasteiger partial charge in [-0.15, -0.1) is 0 Å². The number of carbonyl (C=O) groups excluding carboxylic acids is 2. The van der Waals surface area contributed by atoms with E-state index in [1.54, 1.807) is 0 Å². The molecule has 2 rings (SSSR count). The van der Waals surface area contributed by atoms with Gasteiger partial charge in [0, 0.05) is 19.6 Å². The van der Waals surface area contributed by atoms with Crippen LogP contribution in [0, 0.1) is 0 Å². The summed E-state index contributed by atoms with van der Waals surface area (Å²) in [6.07, 6.45) is 2.42. The molecule has 1 heterocycles. The van der Waals surface area contributed by atoms with Crippen LogP contribution < -0.4 is 21.7 Å². The van der Waals surface area contributed by atoms with Gasteiger partial charge in [0.25, 0.3) is 0 Å². The van der Waals surface area contributed by atoms with E-state index in [0.29, 0.717) is 13.0 Å². The van der Waals surface area contributed by atoms with E-state index < -0.39 is 12.1 Å². The molecule has 1 aliphatic rings. The molecule has 0 saturated heterocycles. The van der Waals surface area contributed by atoms with Crippen LogP contribution in [0.5, 0.6) is 0 Å². The zero-order valence-corrected chi connectivity index (χ0v) is 12.9. The molecule has 1 unspecified atom stereocenters. The van der Waals surface area contributed by atoms with Crippen molar-refractivity contribution >= 4 is 11.9 Å². The first-order valence-electron chi connectivity index (χ1n) is 7.75. The third-order valence-electron chi connectivity index (χ3n) is 3.85. The fourth-order valence-electron chi connectivity index (χ4n) is 2.62. The van der Waals surface area contributed by atoms with Crippen molar-refractivity contribution in [2.45, 2.75) is 51.9 Å². The van der Waals surface area contributed by atoms with Crippen molar-refractivity contribution in [2.75, 3.05) is 0 Å². The highest BCUT2D eigenvalue weighted by Gasteiger charge is 2.19. The molecular formula is C16H24N4O2. The fraction of sp³-hybridized carbons (Fsp3) is 0.500. The van der Waals surface area contributed by atoms with Crippen LogP contribution in [0.4, 0.5) is 4.79 Å². The number of primary amides is 1. The van der Waals surface area contributed by atoms with Gasteiger partial charge in [0.1, 0.15) is 6.04 Å². The van der Waals surface area contributed by atoms with Gasteiger partial charge in [0.15, 0.2) is 0 Å². The lowest BCUT2D eigenvalue weighted by molar-refractivity contribution is -0.123. The molecule has 1 aliphatic heterocycles. The number of carbonyl (C=O) groups is 2. The van der Waals surface area contributed by atoms with E-state index in [-0.39, 0.29) is 5.91 Å². The standard InChI is InChI=1S/C16H24N4O2/c1-2-3-4-14(20-16(17)22)15(21)19-8-11-5-6-12-9-18-10-13(12)7-11/h5-7,14,18H,2-4,8-10H2,1H3,(H,19,21)(H3,17,20,22). The van der Waals surface area contributed by atoms with Gasteiger partial charge in [-0.25, -0.2) is 4.79 Å². The number of rotatable bonds is 7. The molecule has 0 spiro atoms. The largest absolute Gasteiger partial charge is 0.352 e. The molecule has 0 saturated carbocycles. The summed E-state index contributed by atoms with van der Waals surface area (Å²) >= 11 is 0. The third-order valence-corrected chi connectivity index (χ3v) is 3.85. The van der Waals surface area contributed by atoms with Crippen LogP contribution >= 0.6 is 0 Å². The van der Waals surface area contributed by atoms with E-state index in [4.69, 9.17) is 5.73 Å². The second kappa shape index (κ2) is 7.79. The van der Waals surface area contributed by atoms with Crippen molar-refractivity contribution in [3.8, 4) is 0 Å². The van der Waals surface area contributed by atoms with Gasteiger partial charge in [-0.3, -0.25) is 4.79 Å². The number of nitrogens with two attached hydrogens (primary N) is 1. The van der Waals surface area contributed by atoms with Gasteiger partial charge in [-0.05, 0) is 23.1 Å². The molecule has 0 bridgehead atoms. The summed E-state index contributed by atoms with van der Waals surface area (Å²) in [5, 5.41) is 8.68. The lowest BCUT2D eigenvalue weighted by Gasteiger charge is -2.17. The van der Waals surface area contributed by atoms with Crippen LogP contribution in [0.25, 0.3) is 0 Å². The molecule has 22 heavy (non-hydrogen) atoms. The fourth-order valence-corrected chi connectivity index (χ4v) is 2.62. The van der Waals surface area contributed by atoms with E-state index in [2.05, 4.69) is 28.1 Å². The average Bonchev–Trinajstić information content (AvgIpc) is 2.96. The number of amides is 3. The molecular weight excluding hydrogens is 280 g/mol. The van der Waals surface area contributed by atoms with Crippen molar-refractivity contribution < 1.29 is 9.59 Å². The zero-order valence-electron chi connectivity index (χ0n) is 12.9. The normalized spacial score (nSPS) is 14.2. The van der Waals surface area contributed by atoms with Gasteiger partial charge in [-0.1, -0.05) is 38.0 Å². The molecule has 1 aromatic rings. The molecule has 0 fully saturated rings. The number of hydrogen-bond acceptors (Lipinski definition) is 3. The van der Waals surface area contributed by atoms with Crippen LogP contribution in [-0.4, -0.2) is 18.0 Å². The van der Waals surface area contributed by atoms with E-state index in [9.17, 15) is 9.59 Å². The predicted molar refractivity (Wildman–Crippen MR) is 84.9 cm³/mol. The van der Waals surface area contributed by atoms with E-state index in [1.165, 1.54) is 11.1 Å². The van der Waals surface area contributed by atoms with E-state index in [1.807, 2.05) is 13.0 Å². The molecule has 1 atom stereocenters. The van der Waals surface area contributed by atoms with E-state index >= 15 is 0 Å². The summed E-state index contributed by atoms with van der Waals surface area (Å²) in [6.45, 7) is 4.27. The number of benzene rings is 1. The number of hydrogen-bond donors (Lipinski definition) is 4. The Hall–Kier alpha value is -2.08. The summed E-state index contributed by atoms with van der Waals surface area (Å²) in [5.74, 6) is -0.189. The first-order chi connectivity index (χ1) is 10.6. The van der Waals surface area contributed by atoms with Gasteiger partial charge in [0.2, 0.25) is 5.91 Å². The molecule has 3 amide bonds. The third kappa shape index (κ3) is 4.46. The van der Waals surface area contributed by atoms with Crippen molar-refractivity contribution in [3.05, 3.63) is 34.9 Å². The summed E-state index contributed by atoms with van der Waals surface area (Å²) in [4.78, 5) is 23.2. The highest BCUT2D eigenvalue weighted by molar-refractivity contribution is 5.86. The Kier molecular flexibility index (Phi) is 5.77. The highest BCUT2D eigenvalue weighted by Crippen LogP contribution is 2.16. The minimum atomic E-state index is -0.667. The van der Waals surface area contributed by atoms with Gasteiger partial charge < -0.3 is 21.7 Å². The Balaban J connectivity index is 1.90. The Morgan fingerprint density at radius 3 is 2.82 bits per heavy atom. The predicted octanol–water partition coefficient (Wildman–Crippen LogP) is 1.13. The van der Waals surface area contributed by atoms with Crippen molar-refractivity contribution in [3.63, 3.8) is 0 Å². The maximum absolute atomic E-state index is 12.2. The summed E-state index contributed by atoms with van der Waals surface area (Å²) in [7, 11) is 0. The van der Waals surface area contributed by atoms with Crippen LogP contribution in [0.15, 0.2) is 18.2 Å². The van der Waals surface area contributed by atoms with Crippen molar-refractivity contribution in [1.82, 2.24) is 16.0 Å². The molecule has 0 aromatic heterocycles. The SMILES string of the molecule is CCCCC(NC(N)=O)C(=O)NCc1ccc2c(c1)CNC2. The van der Waals surface area contributed by atoms with Crippen molar-refractivity contribution in [1.29, 1.82) is 0 Å². The topological polar surface area (TPSA) is 96.2 Å². The first kappa shape index (κ1) is 16.3. The second-order valence-electron chi connectivity index (χ2n) is 5.63.